The number of rotatable bonds is 7. The average molecular weight is 592 g/mol. The highest BCUT2D eigenvalue weighted by molar-refractivity contribution is 7.18. The molecule has 1 aliphatic heterocycles. The van der Waals surface area contributed by atoms with Crippen molar-refractivity contribution in [3.63, 3.8) is 0 Å². The third-order valence-corrected chi connectivity index (χ3v) is 7.37. The highest BCUT2D eigenvalue weighted by Gasteiger charge is 2.50. The summed E-state index contributed by atoms with van der Waals surface area (Å²) in [6, 6.07) is 6.21. The molecule has 1 amide bonds. The van der Waals surface area contributed by atoms with E-state index in [4.69, 9.17) is 25.8 Å². The molecule has 1 saturated heterocycles. The standard InChI is InChI=1S/C28H35ClFN5O4S/c1-15(2)32-23-10-9-17(13-31-23)24-33-34-25(40-24)18-11-20(30)22(12-19(18)29)37-14-21-16(3)38-28(7,8)35(21)26(36)39-27(4,5)6/h9-13,15-16,21H,14H2,1-8H3,(H,31,32)/t16-,21+/m0/s1. The predicted molar refractivity (Wildman–Crippen MR) is 154 cm³/mol. The predicted octanol–water partition coefficient (Wildman–Crippen LogP) is 7.02. The van der Waals surface area contributed by atoms with Crippen molar-refractivity contribution in [3.8, 4) is 26.9 Å². The first-order valence-electron chi connectivity index (χ1n) is 13.0. The molecule has 9 nitrogen and oxygen atoms in total. The summed E-state index contributed by atoms with van der Waals surface area (Å²) in [6.07, 6.45) is 0.811. The van der Waals surface area contributed by atoms with Crippen LogP contribution in [0, 0.1) is 5.82 Å². The zero-order valence-electron chi connectivity index (χ0n) is 23.9. The molecule has 0 unspecified atom stereocenters. The van der Waals surface area contributed by atoms with Gasteiger partial charge in [0.1, 0.15) is 33.8 Å². The van der Waals surface area contributed by atoms with Crippen LogP contribution >= 0.6 is 22.9 Å². The Morgan fingerprint density at radius 1 is 1.25 bits per heavy atom. The van der Waals surface area contributed by atoms with E-state index in [0.717, 1.165) is 11.4 Å². The number of nitrogens with one attached hydrogen (secondary N) is 1. The van der Waals surface area contributed by atoms with Gasteiger partial charge in [-0.15, -0.1) is 10.2 Å². The van der Waals surface area contributed by atoms with Crippen molar-refractivity contribution < 1.29 is 23.4 Å². The van der Waals surface area contributed by atoms with Crippen molar-refractivity contribution in [1.82, 2.24) is 20.1 Å². The fraction of sp³-hybridized carbons (Fsp3) is 0.500. The number of nitrogens with zero attached hydrogens (tertiary/aromatic N) is 4. The Morgan fingerprint density at radius 2 is 1.95 bits per heavy atom. The van der Waals surface area contributed by atoms with E-state index in [2.05, 4.69) is 20.5 Å². The zero-order valence-corrected chi connectivity index (χ0v) is 25.5. The largest absolute Gasteiger partial charge is 0.488 e. The van der Waals surface area contributed by atoms with Crippen LogP contribution < -0.4 is 10.1 Å². The van der Waals surface area contributed by atoms with Gasteiger partial charge in [0.05, 0.1) is 17.2 Å². The maximum atomic E-state index is 15.2. The van der Waals surface area contributed by atoms with Crippen molar-refractivity contribution in [2.75, 3.05) is 11.9 Å². The zero-order chi connectivity index (χ0) is 29.4. The number of halogens is 2. The summed E-state index contributed by atoms with van der Waals surface area (Å²) >= 11 is 7.82. The van der Waals surface area contributed by atoms with Crippen molar-refractivity contribution in [1.29, 1.82) is 0 Å². The first-order chi connectivity index (χ1) is 18.6. The molecule has 3 heterocycles. The van der Waals surface area contributed by atoms with E-state index < -0.39 is 29.3 Å². The Kier molecular flexibility index (Phi) is 8.58. The van der Waals surface area contributed by atoms with E-state index >= 15 is 4.39 Å². The van der Waals surface area contributed by atoms with Crippen LogP contribution in [0.15, 0.2) is 30.5 Å². The third-order valence-electron chi connectivity index (χ3n) is 6.05. The summed E-state index contributed by atoms with van der Waals surface area (Å²) in [5, 5.41) is 13.1. The number of carbonyl (C=O) groups is 1. The highest BCUT2D eigenvalue weighted by Crippen LogP contribution is 2.38. The van der Waals surface area contributed by atoms with Crippen LogP contribution in [0.25, 0.3) is 21.1 Å². The summed E-state index contributed by atoms with van der Waals surface area (Å²) in [7, 11) is 0. The fourth-order valence-corrected chi connectivity index (χ4v) is 5.57. The minimum Gasteiger partial charge on any atom is -0.488 e. The molecular weight excluding hydrogens is 557 g/mol. The number of benzene rings is 1. The molecule has 12 heteroatoms. The van der Waals surface area contributed by atoms with Crippen LogP contribution in [-0.2, 0) is 9.47 Å². The monoisotopic (exact) mass is 591 g/mol. The van der Waals surface area contributed by atoms with Gasteiger partial charge < -0.3 is 19.5 Å². The molecule has 1 aromatic carbocycles. The van der Waals surface area contributed by atoms with Gasteiger partial charge in [-0.2, -0.15) is 0 Å². The number of carbonyl (C=O) groups excluding carboxylic acids is 1. The van der Waals surface area contributed by atoms with E-state index in [0.29, 0.717) is 15.6 Å². The van der Waals surface area contributed by atoms with Gasteiger partial charge in [-0.05, 0) is 73.6 Å². The number of pyridine rings is 1. The van der Waals surface area contributed by atoms with Crippen molar-refractivity contribution in [2.24, 2.45) is 0 Å². The summed E-state index contributed by atoms with van der Waals surface area (Å²) in [4.78, 5) is 18.9. The molecule has 0 bridgehead atoms. The quantitative estimate of drug-likeness (QED) is 0.313. The Labute approximate surface area is 243 Å². The number of ether oxygens (including phenoxy) is 3. The fourth-order valence-electron chi connectivity index (χ4n) is 4.40. The molecule has 0 saturated carbocycles. The number of hydrogen-bond donors (Lipinski definition) is 1. The number of anilines is 1. The van der Waals surface area contributed by atoms with Gasteiger partial charge in [-0.1, -0.05) is 22.9 Å². The molecule has 0 aliphatic carbocycles. The van der Waals surface area contributed by atoms with Gasteiger partial charge in [0, 0.05) is 29.4 Å². The second-order valence-corrected chi connectivity index (χ2v) is 12.8. The Balaban J connectivity index is 1.50. The minimum absolute atomic E-state index is 0.0198. The second kappa shape index (κ2) is 11.5. The van der Waals surface area contributed by atoms with Crippen LogP contribution in [0.1, 0.15) is 55.4 Å². The summed E-state index contributed by atoms with van der Waals surface area (Å²) in [5.41, 5.74) is -0.419. The molecular formula is C28H35ClFN5O4S. The molecule has 1 aliphatic rings. The first kappa shape index (κ1) is 30.0. The molecule has 1 N–H and O–H groups in total. The van der Waals surface area contributed by atoms with E-state index in [9.17, 15) is 4.79 Å². The van der Waals surface area contributed by atoms with Gasteiger partial charge in [0.2, 0.25) is 0 Å². The molecule has 2 aromatic heterocycles. The van der Waals surface area contributed by atoms with Gasteiger partial charge in [-0.25, -0.2) is 14.2 Å². The first-order valence-corrected chi connectivity index (χ1v) is 14.2. The van der Waals surface area contributed by atoms with Crippen molar-refractivity contribution in [3.05, 3.63) is 41.3 Å². The molecule has 2 atom stereocenters. The van der Waals surface area contributed by atoms with E-state index in [1.165, 1.54) is 28.4 Å². The van der Waals surface area contributed by atoms with Gasteiger partial charge in [-0.3, -0.25) is 4.90 Å². The SMILES string of the molecule is CC(C)Nc1ccc(-c2nnc(-c3cc(F)c(OC[C@@H]4[C@H](C)OC(C)(C)N4C(=O)OC(C)(C)C)cc3Cl)s2)cn1. The Bertz CT molecular complexity index is 1360. The topological polar surface area (TPSA) is 98.7 Å². The lowest BCUT2D eigenvalue weighted by Gasteiger charge is -2.35. The molecule has 4 rings (SSSR count). The maximum absolute atomic E-state index is 15.2. The summed E-state index contributed by atoms with van der Waals surface area (Å²) in [5.74, 6) is 0.106. The van der Waals surface area contributed by atoms with Gasteiger partial charge >= 0.3 is 6.09 Å². The highest BCUT2D eigenvalue weighted by atomic mass is 35.5. The number of hydrogen-bond acceptors (Lipinski definition) is 9. The lowest BCUT2D eigenvalue weighted by Crippen LogP contribution is -2.52. The lowest BCUT2D eigenvalue weighted by atomic mass is 10.1. The number of amides is 1. The number of aromatic nitrogens is 3. The molecule has 40 heavy (non-hydrogen) atoms. The van der Waals surface area contributed by atoms with Crippen molar-refractivity contribution >= 4 is 34.8 Å². The van der Waals surface area contributed by atoms with E-state index in [1.807, 2.05) is 32.9 Å². The average Bonchev–Trinajstić information content (AvgIpc) is 3.40. The lowest BCUT2D eigenvalue weighted by molar-refractivity contribution is -0.0760. The van der Waals surface area contributed by atoms with Gasteiger partial charge in [0.25, 0.3) is 0 Å². The van der Waals surface area contributed by atoms with Crippen LogP contribution in [0.5, 0.6) is 5.75 Å². The van der Waals surface area contributed by atoms with Crippen molar-refractivity contribution in [2.45, 2.75) is 84.9 Å². The Morgan fingerprint density at radius 3 is 2.58 bits per heavy atom. The minimum atomic E-state index is -0.924. The molecule has 0 radical (unpaired) electrons. The second-order valence-electron chi connectivity index (χ2n) is 11.4. The molecule has 216 valence electrons. The Hall–Kier alpha value is -3.02. The smallest absolute Gasteiger partial charge is 0.413 e. The normalized spacial score (nSPS) is 18.7. The molecule has 3 aromatic rings. The van der Waals surface area contributed by atoms with E-state index in [-0.39, 0.29) is 29.5 Å². The van der Waals surface area contributed by atoms with Crippen LogP contribution in [0.2, 0.25) is 5.02 Å². The summed E-state index contributed by atoms with van der Waals surface area (Å²) in [6.45, 7) is 14.8. The van der Waals surface area contributed by atoms with Crippen LogP contribution in [0.3, 0.4) is 0 Å². The van der Waals surface area contributed by atoms with Crippen LogP contribution in [0.4, 0.5) is 15.0 Å². The summed E-state index contributed by atoms with van der Waals surface area (Å²) < 4.78 is 32.6. The third kappa shape index (κ3) is 6.82. The maximum Gasteiger partial charge on any atom is 0.413 e. The van der Waals surface area contributed by atoms with Crippen LogP contribution in [-0.4, -0.2) is 62.3 Å². The van der Waals surface area contributed by atoms with E-state index in [1.54, 1.807) is 40.8 Å². The molecule has 0 spiro atoms. The van der Waals surface area contributed by atoms with Gasteiger partial charge in [0.15, 0.2) is 11.6 Å². The molecule has 1 fully saturated rings.